The molecule has 2 unspecified atom stereocenters. The number of aryl methyl sites for hydroxylation is 2. The Morgan fingerprint density at radius 3 is 2.73 bits per heavy atom. The van der Waals surface area contributed by atoms with Crippen LogP contribution in [0, 0.1) is 13.8 Å². The smallest absolute Gasteiger partial charge is 0.290 e. The van der Waals surface area contributed by atoms with E-state index < -0.39 is 0 Å². The third-order valence-electron chi connectivity index (χ3n) is 3.90. The number of rotatable bonds is 3. The van der Waals surface area contributed by atoms with Gasteiger partial charge in [-0.05, 0) is 32.3 Å². The van der Waals surface area contributed by atoms with Crippen LogP contribution in [0.15, 0.2) is 34.9 Å². The number of nitrogens with one attached hydrogen (secondary N) is 1. The largest absolute Gasteiger partial charge is 0.371 e. The van der Waals surface area contributed by atoms with Crippen molar-refractivity contribution < 1.29 is 14.1 Å². The molecule has 0 radical (unpaired) electrons. The third-order valence-corrected chi connectivity index (χ3v) is 3.90. The Bertz CT molecular complexity index is 648. The molecule has 1 aliphatic heterocycles. The molecule has 3 rings (SSSR count). The molecule has 1 N–H and O–H groups in total. The molecule has 1 saturated heterocycles. The number of carbonyl (C=O) groups excluding carboxylic acids is 1. The van der Waals surface area contributed by atoms with Gasteiger partial charge in [0.2, 0.25) is 5.76 Å². The number of carbonyl (C=O) groups is 1. The van der Waals surface area contributed by atoms with Gasteiger partial charge in [0, 0.05) is 12.7 Å². The molecule has 0 bridgehead atoms. The Balaban J connectivity index is 1.75. The van der Waals surface area contributed by atoms with Gasteiger partial charge in [-0.2, -0.15) is 0 Å². The summed E-state index contributed by atoms with van der Waals surface area (Å²) in [6, 6.07) is 9.82. The summed E-state index contributed by atoms with van der Waals surface area (Å²) in [5.74, 6) is -0.000980. The van der Waals surface area contributed by atoms with Gasteiger partial charge in [-0.1, -0.05) is 35.0 Å². The van der Waals surface area contributed by atoms with Crippen LogP contribution in [-0.4, -0.2) is 23.7 Å². The standard InChI is InChI=1S/C17H20N2O3/c1-11-5-7-13(8-6-11)16-14(4-3-9-21-16)18-17(20)15-10-12(2)19-22-15/h5-8,10,14,16H,3-4,9H2,1-2H3,(H,18,20). The Labute approximate surface area is 129 Å². The normalized spacial score (nSPS) is 21.5. The molecule has 1 amide bonds. The molecule has 22 heavy (non-hydrogen) atoms. The van der Waals surface area contributed by atoms with Gasteiger partial charge in [0.15, 0.2) is 0 Å². The second kappa shape index (κ2) is 6.32. The van der Waals surface area contributed by atoms with Crippen LogP contribution >= 0.6 is 0 Å². The minimum atomic E-state index is -0.242. The zero-order valence-corrected chi connectivity index (χ0v) is 12.8. The van der Waals surface area contributed by atoms with Gasteiger partial charge in [-0.25, -0.2) is 0 Å². The number of benzene rings is 1. The van der Waals surface area contributed by atoms with Crippen LogP contribution < -0.4 is 5.32 Å². The Kier molecular flexibility index (Phi) is 4.24. The molecular weight excluding hydrogens is 280 g/mol. The first kappa shape index (κ1) is 14.8. The van der Waals surface area contributed by atoms with E-state index in [9.17, 15) is 4.79 Å². The van der Waals surface area contributed by atoms with Gasteiger partial charge in [-0.15, -0.1) is 0 Å². The van der Waals surface area contributed by atoms with Crippen LogP contribution in [0.4, 0.5) is 0 Å². The maximum absolute atomic E-state index is 12.3. The van der Waals surface area contributed by atoms with Gasteiger partial charge in [0.1, 0.15) is 6.10 Å². The lowest BCUT2D eigenvalue weighted by Crippen LogP contribution is -2.42. The van der Waals surface area contributed by atoms with Crippen LogP contribution in [0.5, 0.6) is 0 Å². The van der Waals surface area contributed by atoms with E-state index in [1.54, 1.807) is 13.0 Å². The van der Waals surface area contributed by atoms with E-state index in [0.717, 1.165) is 18.4 Å². The van der Waals surface area contributed by atoms with Gasteiger partial charge in [0.05, 0.1) is 11.7 Å². The Morgan fingerprint density at radius 2 is 2.05 bits per heavy atom. The van der Waals surface area contributed by atoms with Crippen molar-refractivity contribution in [3.05, 3.63) is 52.9 Å². The second-order valence-corrected chi connectivity index (χ2v) is 5.76. The molecule has 2 atom stereocenters. The molecule has 1 aromatic carbocycles. The van der Waals surface area contributed by atoms with Crippen LogP contribution in [0.2, 0.25) is 0 Å². The molecule has 0 saturated carbocycles. The fraction of sp³-hybridized carbons (Fsp3) is 0.412. The Morgan fingerprint density at radius 1 is 1.27 bits per heavy atom. The highest BCUT2D eigenvalue weighted by Crippen LogP contribution is 2.29. The molecular formula is C17H20N2O3. The van der Waals surface area contributed by atoms with E-state index in [1.165, 1.54) is 5.56 Å². The third kappa shape index (κ3) is 3.20. The first-order valence-corrected chi connectivity index (χ1v) is 7.56. The molecule has 0 aliphatic carbocycles. The van der Waals surface area contributed by atoms with Crippen molar-refractivity contribution in [2.24, 2.45) is 0 Å². The minimum absolute atomic E-state index is 0.0608. The number of ether oxygens (including phenoxy) is 1. The fourth-order valence-corrected chi connectivity index (χ4v) is 2.72. The maximum atomic E-state index is 12.3. The lowest BCUT2D eigenvalue weighted by atomic mass is 9.95. The van der Waals surface area contributed by atoms with E-state index >= 15 is 0 Å². The number of nitrogens with zero attached hydrogens (tertiary/aromatic N) is 1. The summed E-state index contributed by atoms with van der Waals surface area (Å²) in [5.41, 5.74) is 2.99. The number of hydrogen-bond donors (Lipinski definition) is 1. The first-order valence-electron chi connectivity index (χ1n) is 7.56. The van der Waals surface area contributed by atoms with Crippen molar-refractivity contribution in [1.82, 2.24) is 10.5 Å². The molecule has 1 aliphatic rings. The van der Waals surface area contributed by atoms with Crippen LogP contribution in [-0.2, 0) is 4.74 Å². The van der Waals surface area contributed by atoms with Crippen LogP contribution in [0.1, 0.15) is 46.3 Å². The zero-order valence-electron chi connectivity index (χ0n) is 12.8. The number of aromatic nitrogens is 1. The minimum Gasteiger partial charge on any atom is -0.371 e. The summed E-state index contributed by atoms with van der Waals surface area (Å²) in [6.07, 6.45) is 1.70. The summed E-state index contributed by atoms with van der Waals surface area (Å²) in [6.45, 7) is 4.56. The average Bonchev–Trinajstić information content (AvgIpc) is 2.95. The SMILES string of the molecule is Cc1ccc(C2OCCCC2NC(=O)c2cc(C)no2)cc1. The van der Waals surface area contributed by atoms with Gasteiger partial charge in [-0.3, -0.25) is 4.79 Å². The van der Waals surface area contributed by atoms with E-state index in [-0.39, 0.29) is 23.8 Å². The van der Waals surface area contributed by atoms with E-state index in [1.807, 2.05) is 0 Å². The zero-order chi connectivity index (χ0) is 15.5. The highest BCUT2D eigenvalue weighted by Gasteiger charge is 2.29. The quantitative estimate of drug-likeness (QED) is 0.946. The van der Waals surface area contributed by atoms with Crippen molar-refractivity contribution >= 4 is 5.91 Å². The molecule has 5 nitrogen and oxygen atoms in total. The van der Waals surface area contributed by atoms with E-state index in [4.69, 9.17) is 9.26 Å². The predicted molar refractivity (Wildman–Crippen MR) is 81.6 cm³/mol. The van der Waals surface area contributed by atoms with Crippen molar-refractivity contribution in [2.45, 2.75) is 38.8 Å². The molecule has 1 fully saturated rings. The van der Waals surface area contributed by atoms with Gasteiger partial charge < -0.3 is 14.6 Å². The van der Waals surface area contributed by atoms with E-state index in [2.05, 4.69) is 41.7 Å². The molecule has 2 heterocycles. The summed E-state index contributed by atoms with van der Waals surface area (Å²) >= 11 is 0. The average molecular weight is 300 g/mol. The topological polar surface area (TPSA) is 64.4 Å². The lowest BCUT2D eigenvalue weighted by molar-refractivity contribution is -0.00979. The summed E-state index contributed by atoms with van der Waals surface area (Å²) in [5, 5.41) is 6.76. The van der Waals surface area contributed by atoms with E-state index in [0.29, 0.717) is 12.3 Å². The van der Waals surface area contributed by atoms with Gasteiger partial charge in [0.25, 0.3) is 5.91 Å². The monoisotopic (exact) mass is 300 g/mol. The van der Waals surface area contributed by atoms with Crippen LogP contribution in [0.3, 0.4) is 0 Å². The van der Waals surface area contributed by atoms with Crippen molar-refractivity contribution in [2.75, 3.05) is 6.61 Å². The second-order valence-electron chi connectivity index (χ2n) is 5.76. The predicted octanol–water partition coefficient (Wildman–Crippen LogP) is 2.94. The molecule has 1 aromatic heterocycles. The van der Waals surface area contributed by atoms with Gasteiger partial charge >= 0.3 is 0 Å². The molecule has 5 heteroatoms. The summed E-state index contributed by atoms with van der Waals surface area (Å²) < 4.78 is 10.9. The molecule has 116 valence electrons. The Hall–Kier alpha value is -2.14. The summed E-state index contributed by atoms with van der Waals surface area (Å²) in [4.78, 5) is 12.3. The first-order chi connectivity index (χ1) is 10.6. The lowest BCUT2D eigenvalue weighted by Gasteiger charge is -2.32. The van der Waals surface area contributed by atoms with Crippen molar-refractivity contribution in [1.29, 1.82) is 0 Å². The maximum Gasteiger partial charge on any atom is 0.290 e. The highest BCUT2D eigenvalue weighted by atomic mass is 16.5. The molecule has 0 spiro atoms. The van der Waals surface area contributed by atoms with Crippen molar-refractivity contribution in [3.63, 3.8) is 0 Å². The van der Waals surface area contributed by atoms with Crippen LogP contribution in [0.25, 0.3) is 0 Å². The van der Waals surface area contributed by atoms with Crippen molar-refractivity contribution in [3.8, 4) is 0 Å². The fourth-order valence-electron chi connectivity index (χ4n) is 2.72. The summed E-state index contributed by atoms with van der Waals surface area (Å²) in [7, 11) is 0. The number of amides is 1. The highest BCUT2D eigenvalue weighted by molar-refractivity contribution is 5.91. The number of hydrogen-bond acceptors (Lipinski definition) is 4. The molecule has 2 aromatic rings.